The molecule has 2 aromatic carbocycles. The largest absolute Gasteiger partial charge is 0.477 e. The molecule has 2 aromatic rings. The summed E-state index contributed by atoms with van der Waals surface area (Å²) in [6, 6.07) is 10.7. The minimum atomic E-state index is -0.864. The molecule has 0 atom stereocenters. The van der Waals surface area contributed by atoms with Gasteiger partial charge in [-0.15, -0.1) is 0 Å². The summed E-state index contributed by atoms with van der Waals surface area (Å²) in [6.07, 6.45) is 0.261. The van der Waals surface area contributed by atoms with Crippen molar-refractivity contribution in [2.45, 2.75) is 6.61 Å². The van der Waals surface area contributed by atoms with Crippen molar-refractivity contribution in [3.05, 3.63) is 73.8 Å². The highest BCUT2D eigenvalue weighted by molar-refractivity contribution is 5.85. The Hall–Kier alpha value is -3.29. The summed E-state index contributed by atoms with van der Waals surface area (Å²) in [6.45, 7) is -0.0924. The van der Waals surface area contributed by atoms with E-state index in [9.17, 15) is 25.0 Å². The van der Waals surface area contributed by atoms with Crippen molar-refractivity contribution in [1.29, 1.82) is 0 Å². The lowest BCUT2D eigenvalue weighted by Crippen LogP contribution is -2.05. The van der Waals surface area contributed by atoms with Crippen LogP contribution in [-0.4, -0.2) is 16.1 Å². The molecule has 0 N–H and O–H groups in total. The van der Waals surface area contributed by atoms with Gasteiger partial charge in [-0.25, -0.2) is 0 Å². The van der Waals surface area contributed by atoms with Gasteiger partial charge in [0.05, 0.1) is 15.4 Å². The van der Waals surface area contributed by atoms with E-state index in [-0.39, 0.29) is 18.5 Å². The molecule has 8 nitrogen and oxygen atoms in total. The minimum Gasteiger partial charge on any atom is -0.477 e. The first-order chi connectivity index (χ1) is 10.5. The van der Waals surface area contributed by atoms with E-state index in [1.807, 2.05) is 0 Å². The topological polar surface area (TPSA) is 113 Å². The molecule has 0 saturated heterocycles. The van der Waals surface area contributed by atoms with Gasteiger partial charge in [-0.1, -0.05) is 30.3 Å². The van der Waals surface area contributed by atoms with Crippen LogP contribution in [0.2, 0.25) is 0 Å². The Balaban J connectivity index is 2.48. The number of nitro benzene ring substituents is 2. The monoisotopic (exact) mass is 302 g/mol. The van der Waals surface area contributed by atoms with E-state index in [2.05, 4.69) is 0 Å². The molecule has 2 rings (SSSR count). The Kier molecular flexibility index (Phi) is 4.42. The molecule has 0 aliphatic rings. The lowest BCUT2D eigenvalue weighted by atomic mass is 10.1. The Labute approximate surface area is 124 Å². The van der Waals surface area contributed by atoms with Crippen molar-refractivity contribution in [2.75, 3.05) is 0 Å². The van der Waals surface area contributed by atoms with E-state index in [0.29, 0.717) is 5.56 Å². The average Bonchev–Trinajstić information content (AvgIpc) is 2.52. The van der Waals surface area contributed by atoms with E-state index in [1.165, 1.54) is 0 Å². The summed E-state index contributed by atoms with van der Waals surface area (Å²) in [7, 11) is 0. The summed E-state index contributed by atoms with van der Waals surface area (Å²) in [5, 5.41) is 22.2. The molecule has 0 aliphatic carbocycles. The van der Waals surface area contributed by atoms with Gasteiger partial charge in [0.15, 0.2) is 6.29 Å². The summed E-state index contributed by atoms with van der Waals surface area (Å²) in [5.41, 5.74) is -0.866. The Bertz CT molecular complexity index is 730. The molecule has 0 saturated carbocycles. The zero-order valence-corrected chi connectivity index (χ0v) is 11.2. The van der Waals surface area contributed by atoms with E-state index >= 15 is 0 Å². The zero-order valence-electron chi connectivity index (χ0n) is 11.2. The molecule has 0 aliphatic heterocycles. The van der Waals surface area contributed by atoms with Crippen LogP contribution in [0.5, 0.6) is 5.75 Å². The molecule has 112 valence electrons. The van der Waals surface area contributed by atoms with Crippen molar-refractivity contribution in [3.63, 3.8) is 0 Å². The second-order valence-corrected chi connectivity index (χ2v) is 4.26. The van der Waals surface area contributed by atoms with Crippen LogP contribution in [-0.2, 0) is 6.61 Å². The highest BCUT2D eigenvalue weighted by atomic mass is 16.6. The number of benzene rings is 2. The smallest absolute Gasteiger partial charge is 0.328 e. The van der Waals surface area contributed by atoms with Gasteiger partial charge >= 0.3 is 11.4 Å². The third kappa shape index (κ3) is 3.06. The van der Waals surface area contributed by atoms with E-state index in [4.69, 9.17) is 4.74 Å². The molecule has 0 spiro atoms. The number of carbonyl (C=O) groups excluding carboxylic acids is 1. The number of rotatable bonds is 6. The molecule has 0 unspecified atom stereocenters. The molecular formula is C14H10N2O6. The second kappa shape index (κ2) is 6.44. The fraction of sp³-hybridized carbons (Fsp3) is 0.0714. The number of hydrogen-bond donors (Lipinski definition) is 0. The standard InChI is InChI=1S/C14H10N2O6/c17-8-11-6-7-12(15(18)19)14(13(11)16(20)21)22-9-10-4-2-1-3-5-10/h1-8H,9H2. The molecule has 0 aromatic heterocycles. The van der Waals surface area contributed by atoms with Crippen molar-refractivity contribution in [1.82, 2.24) is 0 Å². The van der Waals surface area contributed by atoms with Crippen LogP contribution in [0.1, 0.15) is 15.9 Å². The SMILES string of the molecule is O=Cc1ccc([N+](=O)[O-])c(OCc2ccccc2)c1[N+](=O)[O-]. The van der Waals surface area contributed by atoms with Gasteiger partial charge < -0.3 is 4.74 Å². The predicted octanol–water partition coefficient (Wildman–Crippen LogP) is 2.89. The maximum absolute atomic E-state index is 11.1. The molecule has 0 radical (unpaired) electrons. The van der Waals surface area contributed by atoms with Crippen LogP contribution < -0.4 is 4.74 Å². The summed E-state index contributed by atoms with van der Waals surface area (Å²) >= 11 is 0. The fourth-order valence-electron chi connectivity index (χ4n) is 1.87. The van der Waals surface area contributed by atoms with E-state index in [0.717, 1.165) is 12.1 Å². The van der Waals surface area contributed by atoms with Crippen molar-refractivity contribution in [3.8, 4) is 5.75 Å². The van der Waals surface area contributed by atoms with Crippen LogP contribution in [0.15, 0.2) is 42.5 Å². The van der Waals surface area contributed by atoms with Gasteiger partial charge in [0.1, 0.15) is 6.61 Å². The highest BCUT2D eigenvalue weighted by Crippen LogP contribution is 2.39. The Morgan fingerprint density at radius 1 is 1.00 bits per heavy atom. The van der Waals surface area contributed by atoms with Crippen LogP contribution in [0, 0.1) is 20.2 Å². The van der Waals surface area contributed by atoms with Crippen LogP contribution in [0.4, 0.5) is 11.4 Å². The number of hydrogen-bond acceptors (Lipinski definition) is 6. The number of nitro groups is 2. The van der Waals surface area contributed by atoms with Crippen molar-refractivity contribution in [2.24, 2.45) is 0 Å². The maximum atomic E-state index is 11.1. The van der Waals surface area contributed by atoms with E-state index in [1.54, 1.807) is 30.3 Å². The summed E-state index contributed by atoms with van der Waals surface area (Å²) in [4.78, 5) is 31.4. The maximum Gasteiger partial charge on any atom is 0.328 e. The van der Waals surface area contributed by atoms with Gasteiger partial charge in [0, 0.05) is 6.07 Å². The first-order valence-electron chi connectivity index (χ1n) is 6.12. The number of carbonyl (C=O) groups is 1. The van der Waals surface area contributed by atoms with Crippen LogP contribution in [0.25, 0.3) is 0 Å². The number of nitrogens with zero attached hydrogens (tertiary/aromatic N) is 2. The lowest BCUT2D eigenvalue weighted by Gasteiger charge is -2.08. The van der Waals surface area contributed by atoms with Crippen molar-refractivity contribution >= 4 is 17.7 Å². The molecule has 8 heteroatoms. The molecule has 0 heterocycles. The normalized spacial score (nSPS) is 10.0. The summed E-state index contributed by atoms with van der Waals surface area (Å²) < 4.78 is 5.28. The highest BCUT2D eigenvalue weighted by Gasteiger charge is 2.30. The third-order valence-corrected chi connectivity index (χ3v) is 2.87. The number of aldehydes is 1. The van der Waals surface area contributed by atoms with Gasteiger partial charge in [-0.2, -0.15) is 0 Å². The summed E-state index contributed by atoms with van der Waals surface area (Å²) in [5.74, 6) is -0.525. The molecule has 0 amide bonds. The fourth-order valence-corrected chi connectivity index (χ4v) is 1.87. The van der Waals surface area contributed by atoms with Crippen LogP contribution in [0.3, 0.4) is 0 Å². The lowest BCUT2D eigenvalue weighted by molar-refractivity contribution is -0.396. The second-order valence-electron chi connectivity index (χ2n) is 4.26. The van der Waals surface area contributed by atoms with Crippen molar-refractivity contribution < 1.29 is 19.4 Å². The predicted molar refractivity (Wildman–Crippen MR) is 75.9 cm³/mol. The van der Waals surface area contributed by atoms with Gasteiger partial charge in [-0.05, 0) is 11.6 Å². The first-order valence-corrected chi connectivity index (χ1v) is 6.12. The average molecular weight is 302 g/mol. The Morgan fingerprint density at radius 3 is 2.23 bits per heavy atom. The van der Waals surface area contributed by atoms with Gasteiger partial charge in [0.25, 0.3) is 5.75 Å². The molecule has 0 bridgehead atoms. The zero-order chi connectivity index (χ0) is 16.1. The van der Waals surface area contributed by atoms with E-state index < -0.39 is 27.0 Å². The minimum absolute atomic E-state index is 0.0924. The van der Waals surface area contributed by atoms with Gasteiger partial charge in [-0.3, -0.25) is 25.0 Å². The van der Waals surface area contributed by atoms with Gasteiger partial charge in [0.2, 0.25) is 0 Å². The molecular weight excluding hydrogens is 292 g/mol. The Morgan fingerprint density at radius 2 is 1.68 bits per heavy atom. The third-order valence-electron chi connectivity index (χ3n) is 2.87. The van der Waals surface area contributed by atoms with Crippen LogP contribution >= 0.6 is 0 Å². The molecule has 0 fully saturated rings. The quantitative estimate of drug-likeness (QED) is 0.460. The number of ether oxygens (including phenoxy) is 1. The first kappa shape index (κ1) is 15.1. The molecule has 22 heavy (non-hydrogen) atoms.